The molecule has 1 saturated heterocycles. The van der Waals surface area contributed by atoms with Crippen LogP contribution in [0.2, 0.25) is 0 Å². The number of nitrogens with two attached hydrogens (primary N) is 1. The van der Waals surface area contributed by atoms with E-state index >= 15 is 0 Å². The van der Waals surface area contributed by atoms with Crippen LogP contribution in [0.15, 0.2) is 12.7 Å². The maximum Gasteiger partial charge on any atom is 0.362 e. The molecule has 0 radical (unpaired) electrons. The number of aliphatic hydroxyl groups excluding tert-OH is 4. The first-order chi connectivity index (χ1) is 15.1. The average Bonchev–Trinajstić information content (AvgIpc) is 3.45. The number of nitrogen functional groups attached to an aromatic ring is 1. The number of imidazole rings is 1. The highest BCUT2D eigenvalue weighted by atomic mass is 32.2. The van der Waals surface area contributed by atoms with E-state index in [9.17, 15) is 33.6 Å². The highest BCUT2D eigenvalue weighted by Crippen LogP contribution is 2.34. The van der Waals surface area contributed by atoms with Crippen molar-refractivity contribution in [3.05, 3.63) is 12.7 Å². The third-order valence-corrected chi connectivity index (χ3v) is 6.21. The van der Waals surface area contributed by atoms with Crippen molar-refractivity contribution in [1.29, 1.82) is 0 Å². The minimum atomic E-state index is -4.70. The van der Waals surface area contributed by atoms with Crippen molar-refractivity contribution in [2.24, 2.45) is 5.92 Å². The number of ether oxygens (including phenoxy) is 1. The number of hydrogen-bond donors (Lipinski definition) is 6. The van der Waals surface area contributed by atoms with Gasteiger partial charge in [0, 0.05) is 0 Å². The molecule has 0 unspecified atom stereocenters. The Labute approximate surface area is 181 Å². The van der Waals surface area contributed by atoms with E-state index in [4.69, 9.17) is 10.5 Å². The van der Waals surface area contributed by atoms with Gasteiger partial charge in [0.25, 0.3) is 5.91 Å². The monoisotopic (exact) mass is 474 g/mol. The Kier molecular flexibility index (Phi) is 6.01. The minimum absolute atomic E-state index is 0.0949. The van der Waals surface area contributed by atoms with Crippen LogP contribution in [-0.2, 0) is 24.0 Å². The summed E-state index contributed by atoms with van der Waals surface area (Å²) in [7, 11) is -4.70. The number of anilines is 1. The summed E-state index contributed by atoms with van der Waals surface area (Å²) in [6, 6.07) is 0. The van der Waals surface area contributed by atoms with Gasteiger partial charge in [-0.2, -0.15) is 8.42 Å². The number of fused-ring (bicyclic) bond motifs is 1. The third kappa shape index (κ3) is 4.38. The molecular formula is C16H22N6O9S. The Morgan fingerprint density at radius 2 is 2.00 bits per heavy atom. The maximum atomic E-state index is 12.0. The van der Waals surface area contributed by atoms with Crippen LogP contribution in [0.1, 0.15) is 19.1 Å². The van der Waals surface area contributed by atoms with Gasteiger partial charge in [-0.05, 0) is 18.8 Å². The molecule has 2 aromatic heterocycles. The number of aliphatic hydroxyl groups is 4. The van der Waals surface area contributed by atoms with E-state index in [1.165, 1.54) is 21.9 Å². The second-order valence-electron chi connectivity index (χ2n) is 7.61. The summed E-state index contributed by atoms with van der Waals surface area (Å²) in [4.78, 5) is 23.7. The van der Waals surface area contributed by atoms with Crippen LogP contribution in [0.5, 0.6) is 0 Å². The zero-order chi connectivity index (χ0) is 23.2. The Morgan fingerprint density at radius 1 is 1.28 bits per heavy atom. The Morgan fingerprint density at radius 3 is 2.69 bits per heavy atom. The fourth-order valence-electron chi connectivity index (χ4n) is 3.37. The molecule has 1 amide bonds. The molecule has 1 saturated carbocycles. The first-order valence-corrected chi connectivity index (χ1v) is 11.0. The van der Waals surface area contributed by atoms with Crippen molar-refractivity contribution < 1.29 is 42.6 Å². The molecule has 32 heavy (non-hydrogen) atoms. The van der Waals surface area contributed by atoms with E-state index < -0.39 is 59.6 Å². The number of nitrogens with one attached hydrogen (secondary N) is 1. The molecule has 2 fully saturated rings. The van der Waals surface area contributed by atoms with Gasteiger partial charge in [-0.15, -0.1) is 0 Å². The smallest absolute Gasteiger partial charge is 0.362 e. The molecule has 1 aliphatic carbocycles. The van der Waals surface area contributed by atoms with Gasteiger partial charge in [0.2, 0.25) is 0 Å². The summed E-state index contributed by atoms with van der Waals surface area (Å²) < 4.78 is 37.0. The van der Waals surface area contributed by atoms with Gasteiger partial charge in [0.15, 0.2) is 23.8 Å². The van der Waals surface area contributed by atoms with Gasteiger partial charge in [0.05, 0.1) is 19.0 Å². The molecule has 7 N–H and O–H groups in total. The average molecular weight is 474 g/mol. The summed E-state index contributed by atoms with van der Waals surface area (Å²) in [6.45, 7) is -0.762. The molecule has 0 spiro atoms. The number of nitrogens with zero attached hydrogens (tertiary/aromatic N) is 4. The van der Waals surface area contributed by atoms with E-state index in [2.05, 4.69) is 19.1 Å². The highest BCUT2D eigenvalue weighted by molar-refractivity contribution is 7.85. The van der Waals surface area contributed by atoms with E-state index in [0.29, 0.717) is 12.8 Å². The van der Waals surface area contributed by atoms with E-state index in [1.807, 2.05) is 0 Å². The normalized spacial score (nSPS) is 28.0. The van der Waals surface area contributed by atoms with Crippen molar-refractivity contribution in [2.45, 2.75) is 49.6 Å². The lowest BCUT2D eigenvalue weighted by atomic mass is 10.1. The number of carbonyl (C=O) groups excluding carboxylic acids is 1. The summed E-state index contributed by atoms with van der Waals surface area (Å²) in [6.07, 6.45) is -5.17. The number of rotatable bonds is 8. The SMILES string of the molecule is Nc1ncnc2c1ncn2[C@@H]1O[C@H](COS(=O)(=O)NC(=O)[C@@H](O)[C@H](O)C2CC2)[C@@H](O)[C@@H]1O. The maximum absolute atomic E-state index is 12.0. The number of carbonyl (C=O) groups is 1. The molecule has 0 aromatic carbocycles. The fourth-order valence-corrected chi connectivity index (χ4v) is 4.11. The van der Waals surface area contributed by atoms with Crippen LogP contribution in [-0.4, -0.2) is 91.4 Å². The zero-order valence-electron chi connectivity index (χ0n) is 16.4. The molecule has 0 bridgehead atoms. The first kappa shape index (κ1) is 22.7. The molecule has 2 aromatic rings. The van der Waals surface area contributed by atoms with Crippen molar-refractivity contribution >= 4 is 33.2 Å². The molecule has 6 atom stereocenters. The van der Waals surface area contributed by atoms with Crippen LogP contribution in [0.3, 0.4) is 0 Å². The van der Waals surface area contributed by atoms with Crippen molar-refractivity contribution in [3.63, 3.8) is 0 Å². The lowest BCUT2D eigenvalue weighted by molar-refractivity contribution is -0.134. The minimum Gasteiger partial charge on any atom is -0.390 e. The van der Waals surface area contributed by atoms with E-state index in [1.54, 1.807) is 0 Å². The van der Waals surface area contributed by atoms with Crippen LogP contribution in [0.25, 0.3) is 11.2 Å². The Balaban J connectivity index is 1.39. The van der Waals surface area contributed by atoms with Crippen molar-refractivity contribution in [2.75, 3.05) is 12.3 Å². The molecule has 3 heterocycles. The first-order valence-electron chi connectivity index (χ1n) is 9.61. The Hall–Kier alpha value is -2.47. The molecule has 176 valence electrons. The van der Waals surface area contributed by atoms with E-state index in [0.717, 1.165) is 0 Å². The molecule has 1 aliphatic heterocycles. The highest BCUT2D eigenvalue weighted by Gasteiger charge is 2.45. The standard InChI is InChI=1S/C16H22N6O9S/c17-13-8-14(19-4-18-13)22(5-20-8)16-12(26)10(24)7(31-16)3-30-32(28,29)21-15(27)11(25)9(23)6-1-2-6/h4-7,9-12,16,23-26H,1-3H2,(H,21,27)(H2,17,18,19)/t7-,9-,10-,11+,12+,16-/m1/s1. The summed E-state index contributed by atoms with van der Waals surface area (Å²) in [5, 5.41) is 40.1. The van der Waals surface area contributed by atoms with Gasteiger partial charge >= 0.3 is 10.3 Å². The van der Waals surface area contributed by atoms with E-state index in [-0.39, 0.29) is 22.9 Å². The van der Waals surface area contributed by atoms with Crippen LogP contribution >= 0.6 is 0 Å². The van der Waals surface area contributed by atoms with Gasteiger partial charge in [-0.25, -0.2) is 19.7 Å². The fraction of sp³-hybridized carbons (Fsp3) is 0.625. The second-order valence-corrected chi connectivity index (χ2v) is 8.96. The summed E-state index contributed by atoms with van der Waals surface area (Å²) >= 11 is 0. The van der Waals surface area contributed by atoms with Gasteiger partial charge in [0.1, 0.15) is 30.2 Å². The predicted octanol–water partition coefficient (Wildman–Crippen LogP) is -3.46. The third-order valence-electron chi connectivity index (χ3n) is 5.31. The lowest BCUT2D eigenvalue weighted by Crippen LogP contribution is -2.46. The quantitative estimate of drug-likeness (QED) is 0.219. The second kappa shape index (κ2) is 8.47. The van der Waals surface area contributed by atoms with Crippen LogP contribution < -0.4 is 10.5 Å². The molecular weight excluding hydrogens is 452 g/mol. The Bertz CT molecular complexity index is 1110. The van der Waals surface area contributed by atoms with Gasteiger partial charge in [-0.1, -0.05) is 0 Å². The largest absolute Gasteiger partial charge is 0.390 e. The molecule has 2 aliphatic rings. The van der Waals surface area contributed by atoms with Crippen LogP contribution in [0.4, 0.5) is 5.82 Å². The number of hydrogen-bond acceptors (Lipinski definition) is 13. The molecule has 15 nitrogen and oxygen atoms in total. The predicted molar refractivity (Wildman–Crippen MR) is 103 cm³/mol. The van der Waals surface area contributed by atoms with Crippen molar-refractivity contribution in [3.8, 4) is 0 Å². The van der Waals surface area contributed by atoms with Crippen LogP contribution in [0, 0.1) is 5.92 Å². The van der Waals surface area contributed by atoms with Gasteiger partial charge in [-0.3, -0.25) is 13.5 Å². The lowest BCUT2D eigenvalue weighted by Gasteiger charge is -2.18. The zero-order valence-corrected chi connectivity index (χ0v) is 17.2. The number of aromatic nitrogens is 4. The topological polar surface area (TPSA) is 232 Å². The molecule has 16 heteroatoms. The summed E-state index contributed by atoms with van der Waals surface area (Å²) in [5.74, 6) is -1.52. The number of amides is 1. The van der Waals surface area contributed by atoms with Gasteiger partial charge < -0.3 is 30.9 Å². The summed E-state index contributed by atoms with van der Waals surface area (Å²) in [5.41, 5.74) is 6.18. The molecule has 4 rings (SSSR count). The van der Waals surface area contributed by atoms with Crippen molar-refractivity contribution in [1.82, 2.24) is 24.2 Å².